The van der Waals surface area contributed by atoms with E-state index in [2.05, 4.69) is 15.5 Å². The molecule has 0 spiro atoms. The van der Waals surface area contributed by atoms with Gasteiger partial charge in [0.1, 0.15) is 6.61 Å². The Bertz CT molecular complexity index is 373. The van der Waals surface area contributed by atoms with Crippen LogP contribution in [0.4, 0.5) is 4.79 Å². The Kier molecular flexibility index (Phi) is 3.92. The molecule has 1 saturated heterocycles. The minimum atomic E-state index is -0.0689. The van der Waals surface area contributed by atoms with Gasteiger partial charge < -0.3 is 19.5 Å². The van der Waals surface area contributed by atoms with E-state index in [4.69, 9.17) is 9.26 Å². The number of nitrogens with one attached hydrogen (secondary N) is 1. The second-order valence-corrected chi connectivity index (χ2v) is 3.89. The fraction of sp³-hybridized carbons (Fsp3) is 0.700. The molecule has 0 bridgehead atoms. The number of carbonyl (C=O) groups is 1. The summed E-state index contributed by atoms with van der Waals surface area (Å²) < 4.78 is 9.77. The lowest BCUT2D eigenvalue weighted by molar-refractivity contribution is 0.151. The molecule has 1 aliphatic rings. The maximum atomic E-state index is 11.7. The molecule has 7 nitrogen and oxygen atoms in total. The van der Waals surface area contributed by atoms with E-state index in [1.807, 2.05) is 0 Å². The van der Waals surface area contributed by atoms with Crippen LogP contribution >= 0.6 is 0 Å². The quantitative estimate of drug-likeness (QED) is 0.829. The van der Waals surface area contributed by atoms with E-state index in [9.17, 15) is 4.79 Å². The number of hydrogen-bond acceptors (Lipinski definition) is 5. The van der Waals surface area contributed by atoms with E-state index < -0.39 is 0 Å². The van der Waals surface area contributed by atoms with E-state index >= 15 is 0 Å². The average Bonchev–Trinajstić information content (AvgIpc) is 2.97. The molecule has 0 aliphatic carbocycles. The monoisotopic (exact) mass is 240 g/mol. The molecule has 17 heavy (non-hydrogen) atoms. The highest BCUT2D eigenvalue weighted by atomic mass is 16.5. The van der Waals surface area contributed by atoms with Gasteiger partial charge in [0.05, 0.1) is 6.54 Å². The second-order valence-electron chi connectivity index (χ2n) is 3.89. The van der Waals surface area contributed by atoms with Crippen molar-refractivity contribution in [3.63, 3.8) is 0 Å². The number of rotatable bonds is 4. The predicted molar refractivity (Wildman–Crippen MR) is 58.1 cm³/mol. The number of likely N-dealkylation sites (tertiary alicyclic amines) is 1. The molecule has 0 aromatic carbocycles. The summed E-state index contributed by atoms with van der Waals surface area (Å²) in [6.07, 6.45) is 2.15. The van der Waals surface area contributed by atoms with E-state index in [0.29, 0.717) is 11.7 Å². The van der Waals surface area contributed by atoms with Crippen molar-refractivity contribution < 1.29 is 14.1 Å². The van der Waals surface area contributed by atoms with Crippen LogP contribution in [0.3, 0.4) is 0 Å². The summed E-state index contributed by atoms with van der Waals surface area (Å²) in [6.45, 7) is 2.22. The van der Waals surface area contributed by atoms with Gasteiger partial charge in [0.2, 0.25) is 0 Å². The highest BCUT2D eigenvalue weighted by Gasteiger charge is 2.17. The summed E-state index contributed by atoms with van der Waals surface area (Å²) in [6, 6.07) is -0.0689. The smallest absolute Gasteiger partial charge is 0.317 e. The third-order valence-electron chi connectivity index (χ3n) is 2.57. The van der Waals surface area contributed by atoms with Crippen LogP contribution in [0.15, 0.2) is 4.52 Å². The molecular weight excluding hydrogens is 224 g/mol. The minimum Gasteiger partial charge on any atom is -0.375 e. The first-order valence-electron chi connectivity index (χ1n) is 5.63. The van der Waals surface area contributed by atoms with Crippen molar-refractivity contribution in [3.05, 3.63) is 11.7 Å². The molecule has 2 rings (SSSR count). The lowest BCUT2D eigenvalue weighted by atomic mass is 10.4. The summed E-state index contributed by atoms with van der Waals surface area (Å²) in [5.74, 6) is 0.877. The third-order valence-corrected chi connectivity index (χ3v) is 2.57. The summed E-state index contributed by atoms with van der Waals surface area (Å²) >= 11 is 0. The second kappa shape index (κ2) is 5.62. The topological polar surface area (TPSA) is 80.5 Å². The summed E-state index contributed by atoms with van der Waals surface area (Å²) in [5, 5.41) is 6.49. The Morgan fingerprint density at radius 2 is 2.29 bits per heavy atom. The first-order valence-corrected chi connectivity index (χ1v) is 5.63. The maximum Gasteiger partial charge on any atom is 0.317 e. The van der Waals surface area contributed by atoms with Crippen molar-refractivity contribution >= 4 is 6.03 Å². The van der Waals surface area contributed by atoms with Crippen LogP contribution in [0, 0.1) is 0 Å². The zero-order valence-corrected chi connectivity index (χ0v) is 9.81. The van der Waals surface area contributed by atoms with Crippen molar-refractivity contribution in [3.8, 4) is 0 Å². The van der Waals surface area contributed by atoms with Gasteiger partial charge in [-0.15, -0.1) is 0 Å². The zero-order valence-electron chi connectivity index (χ0n) is 9.81. The maximum absolute atomic E-state index is 11.7. The largest absolute Gasteiger partial charge is 0.375 e. The number of aromatic nitrogens is 2. The van der Waals surface area contributed by atoms with Crippen LogP contribution in [0.2, 0.25) is 0 Å². The molecule has 0 unspecified atom stereocenters. The van der Waals surface area contributed by atoms with Crippen LogP contribution in [0.25, 0.3) is 0 Å². The number of ether oxygens (including phenoxy) is 1. The van der Waals surface area contributed by atoms with Gasteiger partial charge in [-0.3, -0.25) is 0 Å². The molecule has 1 aromatic heterocycles. The van der Waals surface area contributed by atoms with Gasteiger partial charge in [0.15, 0.2) is 5.82 Å². The standard InChI is InChI=1S/C10H16N4O3/c1-16-7-9-12-8(13-17-9)6-11-10(15)14-4-2-3-5-14/h2-7H2,1H3,(H,11,15). The first kappa shape index (κ1) is 11.8. The highest BCUT2D eigenvalue weighted by Crippen LogP contribution is 2.07. The average molecular weight is 240 g/mol. The molecule has 1 aromatic rings. The molecule has 1 aliphatic heterocycles. The van der Waals surface area contributed by atoms with Gasteiger partial charge in [0, 0.05) is 20.2 Å². The Hall–Kier alpha value is -1.63. The van der Waals surface area contributed by atoms with E-state index in [1.165, 1.54) is 0 Å². The van der Waals surface area contributed by atoms with Gasteiger partial charge >= 0.3 is 6.03 Å². The van der Waals surface area contributed by atoms with Crippen LogP contribution in [-0.4, -0.2) is 41.3 Å². The molecule has 2 heterocycles. The van der Waals surface area contributed by atoms with Crippen molar-refractivity contribution in [1.29, 1.82) is 0 Å². The van der Waals surface area contributed by atoms with Crippen molar-refractivity contribution in [2.45, 2.75) is 26.0 Å². The van der Waals surface area contributed by atoms with Crippen molar-refractivity contribution in [2.24, 2.45) is 0 Å². The molecule has 1 N–H and O–H groups in total. The Morgan fingerprint density at radius 1 is 1.53 bits per heavy atom. The van der Waals surface area contributed by atoms with Crippen LogP contribution in [0.1, 0.15) is 24.6 Å². The lowest BCUT2D eigenvalue weighted by Crippen LogP contribution is -2.37. The Morgan fingerprint density at radius 3 is 3.00 bits per heavy atom. The molecule has 7 heteroatoms. The number of nitrogens with zero attached hydrogens (tertiary/aromatic N) is 3. The van der Waals surface area contributed by atoms with E-state index in [0.717, 1.165) is 25.9 Å². The van der Waals surface area contributed by atoms with Gasteiger partial charge in [-0.25, -0.2) is 4.79 Å². The van der Waals surface area contributed by atoms with Gasteiger partial charge in [-0.1, -0.05) is 5.16 Å². The summed E-state index contributed by atoms with van der Waals surface area (Å²) in [5.41, 5.74) is 0. The van der Waals surface area contributed by atoms with Crippen LogP contribution in [0.5, 0.6) is 0 Å². The predicted octanol–water partition coefficient (Wildman–Crippen LogP) is 0.521. The van der Waals surface area contributed by atoms with Crippen molar-refractivity contribution in [2.75, 3.05) is 20.2 Å². The fourth-order valence-corrected chi connectivity index (χ4v) is 1.73. The number of carbonyl (C=O) groups excluding carboxylic acids is 1. The van der Waals surface area contributed by atoms with Crippen molar-refractivity contribution in [1.82, 2.24) is 20.4 Å². The molecule has 94 valence electrons. The Balaban J connectivity index is 1.78. The highest BCUT2D eigenvalue weighted by molar-refractivity contribution is 5.74. The normalized spacial score (nSPS) is 15.2. The number of amides is 2. The van der Waals surface area contributed by atoms with Crippen LogP contribution in [-0.2, 0) is 17.9 Å². The number of hydrogen-bond donors (Lipinski definition) is 1. The first-order chi connectivity index (χ1) is 8.29. The SMILES string of the molecule is COCc1nc(CNC(=O)N2CCCC2)no1. The summed E-state index contributed by atoms with van der Waals surface area (Å²) in [7, 11) is 1.55. The fourth-order valence-electron chi connectivity index (χ4n) is 1.73. The number of urea groups is 1. The van der Waals surface area contributed by atoms with E-state index in [1.54, 1.807) is 12.0 Å². The molecule has 0 radical (unpaired) electrons. The lowest BCUT2D eigenvalue weighted by Gasteiger charge is -2.14. The summed E-state index contributed by atoms with van der Waals surface area (Å²) in [4.78, 5) is 17.5. The third kappa shape index (κ3) is 3.16. The van der Waals surface area contributed by atoms with Gasteiger partial charge in [-0.2, -0.15) is 4.98 Å². The molecule has 0 saturated carbocycles. The molecular formula is C10H16N4O3. The molecule has 0 atom stereocenters. The van der Waals surface area contributed by atoms with Gasteiger partial charge in [0.25, 0.3) is 5.89 Å². The zero-order chi connectivity index (χ0) is 12.1. The molecule has 2 amide bonds. The number of methoxy groups -OCH3 is 1. The minimum absolute atomic E-state index is 0.0689. The van der Waals surface area contributed by atoms with Gasteiger partial charge in [-0.05, 0) is 12.8 Å². The molecule has 1 fully saturated rings. The van der Waals surface area contributed by atoms with Crippen LogP contribution < -0.4 is 5.32 Å². The Labute approximate surface area is 99.1 Å². The van der Waals surface area contributed by atoms with E-state index in [-0.39, 0.29) is 19.2 Å².